The molecule has 0 fully saturated rings. The maximum Gasteiger partial charge on any atom is 0.322 e. The Balaban J connectivity index is 1.55. The van der Waals surface area contributed by atoms with Gasteiger partial charge in [-0.3, -0.25) is 4.90 Å². The van der Waals surface area contributed by atoms with Crippen LogP contribution in [0.1, 0.15) is 37.1 Å². The fourth-order valence-electron chi connectivity index (χ4n) is 4.03. The molecule has 1 aliphatic rings. The fourth-order valence-corrected chi connectivity index (χ4v) is 4.16. The van der Waals surface area contributed by atoms with E-state index < -0.39 is 6.04 Å². The smallest absolute Gasteiger partial charge is 0.322 e. The SMILES string of the molecule is CCOc1ccc(-c2noc(C3=C(C)N(Cc4ccco4)C(=O)NC3c3ccc(Cl)cc3)n2)cc1. The standard InChI is InChI=1S/C26H23ClN4O4/c1-3-33-20-12-8-18(9-13-20)24-29-25(35-30-24)22-16(2)31(15-21-5-4-14-34-21)26(32)28-23(22)17-6-10-19(27)11-7-17/h4-14,23H,3,15H2,1-2H3,(H,28,32). The number of rotatable bonds is 7. The number of benzene rings is 2. The molecule has 0 bridgehead atoms. The average molecular weight is 491 g/mol. The Labute approximate surface area is 207 Å². The number of nitrogens with zero attached hydrogens (tertiary/aromatic N) is 3. The van der Waals surface area contributed by atoms with Crippen LogP contribution in [-0.4, -0.2) is 27.7 Å². The molecule has 0 saturated heterocycles. The molecule has 2 aromatic heterocycles. The van der Waals surface area contributed by atoms with Gasteiger partial charge in [-0.1, -0.05) is 28.9 Å². The maximum atomic E-state index is 13.1. The van der Waals surface area contributed by atoms with E-state index >= 15 is 0 Å². The summed E-state index contributed by atoms with van der Waals surface area (Å²) in [5, 5.41) is 7.87. The molecule has 1 atom stereocenters. The lowest BCUT2D eigenvalue weighted by molar-refractivity contribution is 0.199. The van der Waals surface area contributed by atoms with Crippen molar-refractivity contribution in [2.75, 3.05) is 6.61 Å². The molecule has 4 aromatic rings. The molecule has 1 aliphatic heterocycles. The molecule has 3 heterocycles. The number of halogens is 1. The van der Waals surface area contributed by atoms with Crippen molar-refractivity contribution in [2.24, 2.45) is 0 Å². The average Bonchev–Trinajstić information content (AvgIpc) is 3.55. The molecular formula is C26H23ClN4O4. The van der Waals surface area contributed by atoms with E-state index in [1.807, 2.05) is 56.3 Å². The summed E-state index contributed by atoms with van der Waals surface area (Å²) in [4.78, 5) is 19.4. The number of ether oxygens (including phenoxy) is 1. The van der Waals surface area contributed by atoms with Crippen molar-refractivity contribution in [1.29, 1.82) is 0 Å². The number of carbonyl (C=O) groups excluding carboxylic acids is 1. The molecule has 0 spiro atoms. The van der Waals surface area contributed by atoms with Gasteiger partial charge in [-0.15, -0.1) is 0 Å². The summed E-state index contributed by atoms with van der Waals surface area (Å²) in [5.74, 6) is 2.18. The molecule has 2 aromatic carbocycles. The van der Waals surface area contributed by atoms with Gasteiger partial charge in [-0.2, -0.15) is 4.98 Å². The molecule has 1 unspecified atom stereocenters. The molecule has 2 amide bonds. The van der Waals surface area contributed by atoms with Crippen LogP contribution < -0.4 is 10.1 Å². The first-order valence-electron chi connectivity index (χ1n) is 11.2. The van der Waals surface area contributed by atoms with Crippen LogP contribution in [0.2, 0.25) is 5.02 Å². The number of aromatic nitrogens is 2. The number of amides is 2. The lowest BCUT2D eigenvalue weighted by atomic mass is 9.94. The van der Waals surface area contributed by atoms with Gasteiger partial charge in [0.15, 0.2) is 0 Å². The first-order valence-corrected chi connectivity index (χ1v) is 11.5. The van der Waals surface area contributed by atoms with Crippen molar-refractivity contribution in [3.63, 3.8) is 0 Å². The third kappa shape index (κ3) is 4.65. The molecular weight excluding hydrogens is 468 g/mol. The first-order chi connectivity index (χ1) is 17.0. The van der Waals surface area contributed by atoms with Crippen molar-refractivity contribution >= 4 is 23.2 Å². The summed E-state index contributed by atoms with van der Waals surface area (Å²) in [6.07, 6.45) is 1.58. The predicted molar refractivity (Wildman–Crippen MR) is 130 cm³/mol. The van der Waals surface area contributed by atoms with Gasteiger partial charge in [0.05, 0.1) is 31.0 Å². The monoisotopic (exact) mass is 490 g/mol. The summed E-state index contributed by atoms with van der Waals surface area (Å²) in [6.45, 7) is 4.65. The van der Waals surface area contributed by atoms with Gasteiger partial charge in [0.2, 0.25) is 5.82 Å². The third-order valence-electron chi connectivity index (χ3n) is 5.77. The minimum absolute atomic E-state index is 0.256. The molecule has 1 N–H and O–H groups in total. The molecule has 178 valence electrons. The number of nitrogens with one attached hydrogen (secondary N) is 1. The zero-order valence-corrected chi connectivity index (χ0v) is 20.0. The van der Waals surface area contributed by atoms with Gasteiger partial charge in [0.25, 0.3) is 5.89 Å². The van der Waals surface area contributed by atoms with Gasteiger partial charge in [-0.25, -0.2) is 4.79 Å². The summed E-state index contributed by atoms with van der Waals surface area (Å²) < 4.78 is 16.7. The van der Waals surface area contributed by atoms with E-state index in [0.717, 1.165) is 16.9 Å². The second-order valence-electron chi connectivity index (χ2n) is 7.98. The number of hydrogen-bond donors (Lipinski definition) is 1. The molecule has 9 heteroatoms. The molecule has 0 radical (unpaired) electrons. The summed E-state index contributed by atoms with van der Waals surface area (Å²) in [5.41, 5.74) is 3.02. The van der Waals surface area contributed by atoms with Crippen molar-refractivity contribution in [2.45, 2.75) is 26.4 Å². The molecule has 35 heavy (non-hydrogen) atoms. The Morgan fingerprint density at radius 2 is 1.89 bits per heavy atom. The van der Waals surface area contributed by atoms with E-state index in [4.69, 9.17) is 25.3 Å². The lowest BCUT2D eigenvalue weighted by Crippen LogP contribution is -2.45. The highest BCUT2D eigenvalue weighted by molar-refractivity contribution is 6.30. The third-order valence-corrected chi connectivity index (χ3v) is 6.03. The number of furan rings is 1. The maximum absolute atomic E-state index is 13.1. The van der Waals surface area contributed by atoms with Crippen LogP contribution in [0.25, 0.3) is 17.0 Å². The van der Waals surface area contributed by atoms with Crippen LogP contribution in [0, 0.1) is 0 Å². The van der Waals surface area contributed by atoms with Gasteiger partial charge >= 0.3 is 6.03 Å². The van der Waals surface area contributed by atoms with Crippen LogP contribution in [0.5, 0.6) is 5.75 Å². The Morgan fingerprint density at radius 3 is 2.57 bits per heavy atom. The second kappa shape index (κ2) is 9.68. The van der Waals surface area contributed by atoms with Crippen LogP contribution in [0.3, 0.4) is 0 Å². The Hall–Kier alpha value is -4.04. The molecule has 8 nitrogen and oxygen atoms in total. The van der Waals surface area contributed by atoms with Crippen LogP contribution in [0.15, 0.2) is 81.6 Å². The van der Waals surface area contributed by atoms with E-state index in [1.165, 1.54) is 0 Å². The number of carbonyl (C=O) groups is 1. The zero-order chi connectivity index (χ0) is 24.4. The van der Waals surface area contributed by atoms with Crippen molar-refractivity contribution in [1.82, 2.24) is 20.4 Å². The van der Waals surface area contributed by atoms with Gasteiger partial charge in [0, 0.05) is 16.3 Å². The highest BCUT2D eigenvalue weighted by Gasteiger charge is 2.36. The number of hydrogen-bond acceptors (Lipinski definition) is 6. The topological polar surface area (TPSA) is 93.6 Å². The summed E-state index contributed by atoms with van der Waals surface area (Å²) >= 11 is 6.10. The fraction of sp³-hybridized carbons (Fsp3) is 0.192. The molecule has 5 rings (SSSR count). The van der Waals surface area contributed by atoms with Gasteiger partial charge in [-0.05, 0) is 67.9 Å². The van der Waals surface area contributed by atoms with E-state index in [1.54, 1.807) is 29.4 Å². The Morgan fingerprint density at radius 1 is 1.11 bits per heavy atom. The molecule has 0 saturated carbocycles. The minimum Gasteiger partial charge on any atom is -0.494 e. The Kier molecular flexibility index (Phi) is 6.29. The Bertz CT molecular complexity index is 1350. The quantitative estimate of drug-likeness (QED) is 0.337. The zero-order valence-electron chi connectivity index (χ0n) is 19.2. The summed E-state index contributed by atoms with van der Waals surface area (Å²) in [7, 11) is 0. The molecule has 0 aliphatic carbocycles. The minimum atomic E-state index is -0.499. The second-order valence-corrected chi connectivity index (χ2v) is 8.42. The highest BCUT2D eigenvalue weighted by atomic mass is 35.5. The van der Waals surface area contributed by atoms with Crippen LogP contribution in [-0.2, 0) is 6.54 Å². The van der Waals surface area contributed by atoms with Crippen LogP contribution >= 0.6 is 11.6 Å². The summed E-state index contributed by atoms with van der Waals surface area (Å²) in [6, 6.07) is 17.6. The van der Waals surface area contributed by atoms with Crippen molar-refractivity contribution in [3.8, 4) is 17.1 Å². The van der Waals surface area contributed by atoms with E-state index in [2.05, 4.69) is 15.5 Å². The van der Waals surface area contributed by atoms with E-state index in [0.29, 0.717) is 40.4 Å². The normalized spacial score (nSPS) is 15.9. The first kappa shape index (κ1) is 22.7. The highest BCUT2D eigenvalue weighted by Crippen LogP contribution is 2.38. The largest absolute Gasteiger partial charge is 0.494 e. The van der Waals surface area contributed by atoms with Crippen molar-refractivity contribution in [3.05, 3.63) is 94.9 Å². The van der Waals surface area contributed by atoms with E-state index in [9.17, 15) is 4.79 Å². The van der Waals surface area contributed by atoms with Gasteiger partial charge in [0.1, 0.15) is 11.5 Å². The van der Waals surface area contributed by atoms with Crippen LogP contribution in [0.4, 0.5) is 4.79 Å². The number of urea groups is 1. The predicted octanol–water partition coefficient (Wildman–Crippen LogP) is 6.08. The van der Waals surface area contributed by atoms with Crippen molar-refractivity contribution < 1.29 is 18.5 Å². The lowest BCUT2D eigenvalue weighted by Gasteiger charge is -2.34. The van der Waals surface area contributed by atoms with E-state index in [-0.39, 0.29) is 12.6 Å². The number of allylic oxidation sites excluding steroid dienone is 1. The van der Waals surface area contributed by atoms with Gasteiger partial charge < -0.3 is 19.0 Å².